The van der Waals surface area contributed by atoms with Crippen molar-refractivity contribution in [2.45, 2.75) is 39.7 Å². The van der Waals surface area contributed by atoms with Crippen molar-refractivity contribution in [1.29, 1.82) is 0 Å². The zero-order valence-electron chi connectivity index (χ0n) is 10.6. The first-order chi connectivity index (χ1) is 8.74. The predicted octanol–water partition coefficient (Wildman–Crippen LogP) is 2.13. The van der Waals surface area contributed by atoms with Crippen LogP contribution in [0.4, 0.5) is 0 Å². The Morgan fingerprint density at radius 3 is 2.94 bits per heavy atom. The number of hydrogen-bond donors (Lipinski definition) is 0. The third-order valence-electron chi connectivity index (χ3n) is 2.67. The third kappa shape index (κ3) is 2.81. The Labute approximate surface area is 110 Å². The number of aryl methyl sites for hydroxylation is 2. The van der Waals surface area contributed by atoms with E-state index in [4.69, 9.17) is 0 Å². The van der Waals surface area contributed by atoms with Crippen LogP contribution in [0.15, 0.2) is 12.4 Å². The highest BCUT2D eigenvalue weighted by molar-refractivity contribution is 7.08. The zero-order valence-corrected chi connectivity index (χ0v) is 11.4. The van der Waals surface area contributed by atoms with Gasteiger partial charge in [0.25, 0.3) is 0 Å². The molecule has 5 nitrogen and oxygen atoms in total. The van der Waals surface area contributed by atoms with Crippen molar-refractivity contribution >= 4 is 17.3 Å². The molecule has 0 spiro atoms. The van der Waals surface area contributed by atoms with Crippen LogP contribution >= 0.6 is 11.5 Å². The Hall–Kier alpha value is -1.56. The van der Waals surface area contributed by atoms with E-state index in [1.165, 1.54) is 11.5 Å². The molecule has 2 rings (SSSR count). The predicted molar refractivity (Wildman–Crippen MR) is 69.8 cm³/mol. The maximum absolute atomic E-state index is 12.2. The normalized spacial score (nSPS) is 10.8. The minimum atomic E-state index is 0.0871. The van der Waals surface area contributed by atoms with E-state index in [2.05, 4.69) is 21.6 Å². The van der Waals surface area contributed by atoms with Gasteiger partial charge in [-0.3, -0.25) is 9.48 Å². The van der Waals surface area contributed by atoms with Crippen molar-refractivity contribution in [2.75, 3.05) is 0 Å². The first-order valence-corrected chi connectivity index (χ1v) is 6.87. The van der Waals surface area contributed by atoms with Crippen molar-refractivity contribution in [3.8, 4) is 0 Å². The van der Waals surface area contributed by atoms with E-state index in [1.807, 2.05) is 17.8 Å². The Bertz CT molecular complexity index is 532. The lowest BCUT2D eigenvalue weighted by Crippen LogP contribution is -2.04. The van der Waals surface area contributed by atoms with Crippen molar-refractivity contribution in [1.82, 2.24) is 19.4 Å². The third-order valence-corrected chi connectivity index (χ3v) is 3.48. The summed E-state index contributed by atoms with van der Waals surface area (Å²) < 4.78 is 5.69. The molecule has 0 aromatic carbocycles. The van der Waals surface area contributed by atoms with Gasteiger partial charge in [-0.25, -0.2) is 0 Å². The number of Topliss-reactive ketones (excluding diaryl/α,β-unsaturated/α-hetero) is 1. The SMILES string of the molecule is CCCc1nnsc1C(=O)Cc1cnn(CC)c1. The van der Waals surface area contributed by atoms with Gasteiger partial charge in [-0.1, -0.05) is 17.8 Å². The number of nitrogens with zero attached hydrogens (tertiary/aromatic N) is 4. The standard InChI is InChI=1S/C12H16N4OS/c1-3-5-10-12(18-15-14-10)11(17)6-9-7-13-16(4-2)8-9/h7-8H,3-6H2,1-2H3. The Kier molecular flexibility index (Phi) is 4.19. The first-order valence-electron chi connectivity index (χ1n) is 6.10. The van der Waals surface area contributed by atoms with E-state index in [-0.39, 0.29) is 5.78 Å². The van der Waals surface area contributed by atoms with Crippen LogP contribution in [0, 0.1) is 0 Å². The summed E-state index contributed by atoms with van der Waals surface area (Å²) in [5.41, 5.74) is 1.77. The van der Waals surface area contributed by atoms with Crippen LogP contribution < -0.4 is 0 Å². The molecule has 0 bridgehead atoms. The molecular weight excluding hydrogens is 248 g/mol. The molecule has 6 heteroatoms. The Morgan fingerprint density at radius 1 is 1.44 bits per heavy atom. The largest absolute Gasteiger partial charge is 0.293 e. The number of carbonyl (C=O) groups is 1. The van der Waals surface area contributed by atoms with Crippen LogP contribution in [0.1, 0.15) is 41.2 Å². The molecule has 0 N–H and O–H groups in total. The fourth-order valence-corrected chi connectivity index (χ4v) is 2.40. The quantitative estimate of drug-likeness (QED) is 0.750. The average molecular weight is 264 g/mol. The van der Waals surface area contributed by atoms with Gasteiger partial charge in [0.15, 0.2) is 5.78 Å². The second kappa shape index (κ2) is 5.86. The molecule has 0 saturated carbocycles. The van der Waals surface area contributed by atoms with Crippen molar-refractivity contribution in [3.63, 3.8) is 0 Å². The summed E-state index contributed by atoms with van der Waals surface area (Å²) in [6.07, 6.45) is 5.81. The molecular formula is C12H16N4OS. The smallest absolute Gasteiger partial charge is 0.180 e. The molecule has 0 saturated heterocycles. The van der Waals surface area contributed by atoms with Gasteiger partial charge in [0.1, 0.15) is 4.88 Å². The van der Waals surface area contributed by atoms with Crippen LogP contribution in [0.5, 0.6) is 0 Å². The van der Waals surface area contributed by atoms with Crippen molar-refractivity contribution < 1.29 is 4.79 Å². The Morgan fingerprint density at radius 2 is 2.28 bits per heavy atom. The average Bonchev–Trinajstić information content (AvgIpc) is 2.98. The van der Waals surface area contributed by atoms with Gasteiger partial charge < -0.3 is 0 Å². The molecule has 2 aromatic rings. The van der Waals surface area contributed by atoms with Crippen molar-refractivity contribution in [3.05, 3.63) is 28.5 Å². The summed E-state index contributed by atoms with van der Waals surface area (Å²) in [6.45, 7) is 4.90. The topological polar surface area (TPSA) is 60.7 Å². The maximum atomic E-state index is 12.2. The molecule has 0 fully saturated rings. The van der Waals surface area contributed by atoms with Gasteiger partial charge in [-0.15, -0.1) is 5.10 Å². The lowest BCUT2D eigenvalue weighted by molar-refractivity contribution is 0.0995. The molecule has 0 amide bonds. The fraction of sp³-hybridized carbons (Fsp3) is 0.500. The summed E-state index contributed by atoms with van der Waals surface area (Å²) >= 11 is 1.19. The van der Waals surface area contributed by atoms with Crippen LogP contribution in [0.3, 0.4) is 0 Å². The molecule has 2 heterocycles. The minimum Gasteiger partial charge on any atom is -0.293 e. The monoisotopic (exact) mass is 264 g/mol. The lowest BCUT2D eigenvalue weighted by atomic mass is 10.1. The number of ketones is 1. The Balaban J connectivity index is 2.09. The van der Waals surface area contributed by atoms with Gasteiger partial charge in [-0.2, -0.15) is 5.10 Å². The minimum absolute atomic E-state index is 0.0871. The van der Waals surface area contributed by atoms with E-state index < -0.39 is 0 Å². The van der Waals surface area contributed by atoms with Crippen LogP contribution in [0.25, 0.3) is 0 Å². The lowest BCUT2D eigenvalue weighted by Gasteiger charge is -1.97. The number of aromatic nitrogens is 4. The summed E-state index contributed by atoms with van der Waals surface area (Å²) in [5, 5.41) is 8.18. The molecule has 0 aliphatic heterocycles. The van der Waals surface area contributed by atoms with Gasteiger partial charge >= 0.3 is 0 Å². The highest BCUT2D eigenvalue weighted by Gasteiger charge is 2.16. The summed E-state index contributed by atoms with van der Waals surface area (Å²) in [6, 6.07) is 0. The molecule has 0 aliphatic rings. The van der Waals surface area contributed by atoms with Crippen molar-refractivity contribution in [2.24, 2.45) is 0 Å². The van der Waals surface area contributed by atoms with E-state index in [1.54, 1.807) is 6.20 Å². The van der Waals surface area contributed by atoms with Gasteiger partial charge in [0, 0.05) is 19.2 Å². The summed E-state index contributed by atoms with van der Waals surface area (Å²) in [7, 11) is 0. The van der Waals surface area contributed by atoms with Gasteiger partial charge in [0.2, 0.25) is 0 Å². The molecule has 0 radical (unpaired) electrons. The number of carbonyl (C=O) groups excluding carboxylic acids is 1. The van der Waals surface area contributed by atoms with Gasteiger partial charge in [0.05, 0.1) is 11.9 Å². The van der Waals surface area contributed by atoms with E-state index in [9.17, 15) is 4.79 Å². The molecule has 0 atom stereocenters. The zero-order chi connectivity index (χ0) is 13.0. The highest BCUT2D eigenvalue weighted by atomic mass is 32.1. The fourth-order valence-electron chi connectivity index (χ4n) is 1.76. The second-order valence-electron chi connectivity index (χ2n) is 4.10. The molecule has 18 heavy (non-hydrogen) atoms. The number of rotatable bonds is 6. The molecule has 0 unspecified atom stereocenters. The summed E-state index contributed by atoms with van der Waals surface area (Å²) in [4.78, 5) is 12.9. The summed E-state index contributed by atoms with van der Waals surface area (Å²) in [5.74, 6) is 0.0871. The molecule has 2 aromatic heterocycles. The molecule has 0 aliphatic carbocycles. The first kappa shape index (κ1) is 12.9. The maximum Gasteiger partial charge on any atom is 0.180 e. The van der Waals surface area contributed by atoms with Gasteiger partial charge in [-0.05, 0) is 30.4 Å². The van der Waals surface area contributed by atoms with E-state index >= 15 is 0 Å². The number of hydrogen-bond acceptors (Lipinski definition) is 5. The molecule has 96 valence electrons. The van der Waals surface area contributed by atoms with Crippen LogP contribution in [-0.2, 0) is 19.4 Å². The van der Waals surface area contributed by atoms with E-state index in [0.29, 0.717) is 11.3 Å². The van der Waals surface area contributed by atoms with E-state index in [0.717, 1.165) is 30.6 Å². The second-order valence-corrected chi connectivity index (χ2v) is 4.86. The van der Waals surface area contributed by atoms with Crippen LogP contribution in [0.2, 0.25) is 0 Å². The van der Waals surface area contributed by atoms with Crippen LogP contribution in [-0.4, -0.2) is 25.2 Å². The highest BCUT2D eigenvalue weighted by Crippen LogP contribution is 2.15.